The highest BCUT2D eigenvalue weighted by Gasteiger charge is 2.09. The van der Waals surface area contributed by atoms with Gasteiger partial charge < -0.3 is 19.7 Å². The highest BCUT2D eigenvalue weighted by molar-refractivity contribution is 6.30. The Morgan fingerprint density at radius 3 is 2.81 bits per heavy atom. The van der Waals surface area contributed by atoms with Crippen LogP contribution in [-0.4, -0.2) is 44.5 Å². The third kappa shape index (κ3) is 5.04. The van der Waals surface area contributed by atoms with Gasteiger partial charge in [-0.3, -0.25) is 4.99 Å². The normalized spacial score (nSPS) is 11.6. The topological polar surface area (TPSA) is 106 Å². The number of aryl methyl sites for hydroxylation is 1. The number of nitrogens with zero attached hydrogens (tertiary/aromatic N) is 6. The fourth-order valence-electron chi connectivity index (χ4n) is 2.46. The second kappa shape index (κ2) is 9.13. The molecular weight excluding hydrogens is 368 g/mol. The SMILES string of the molecule is CCc1nncn1CCNC(=NC)NCc1nc(-c2ccc(Cl)cc2)no1. The van der Waals surface area contributed by atoms with Crippen molar-refractivity contribution in [3.05, 3.63) is 47.3 Å². The van der Waals surface area contributed by atoms with Crippen LogP contribution in [0.5, 0.6) is 0 Å². The zero-order valence-electron chi connectivity index (χ0n) is 15.2. The average molecular weight is 389 g/mol. The molecule has 2 aromatic heterocycles. The first-order chi connectivity index (χ1) is 13.2. The first-order valence-corrected chi connectivity index (χ1v) is 8.97. The summed E-state index contributed by atoms with van der Waals surface area (Å²) in [5.41, 5.74) is 0.845. The van der Waals surface area contributed by atoms with Gasteiger partial charge in [0.15, 0.2) is 5.96 Å². The minimum atomic E-state index is 0.368. The molecule has 0 amide bonds. The summed E-state index contributed by atoms with van der Waals surface area (Å²) in [5, 5.41) is 19.0. The quantitative estimate of drug-likeness (QED) is 0.470. The number of nitrogens with one attached hydrogen (secondary N) is 2. The van der Waals surface area contributed by atoms with Crippen LogP contribution in [0.3, 0.4) is 0 Å². The molecule has 0 spiro atoms. The van der Waals surface area contributed by atoms with Crippen LogP contribution in [0.2, 0.25) is 5.02 Å². The Kier molecular flexibility index (Phi) is 6.37. The number of rotatable bonds is 7. The Balaban J connectivity index is 1.49. The molecule has 0 saturated heterocycles. The maximum atomic E-state index is 5.89. The van der Waals surface area contributed by atoms with Crippen LogP contribution >= 0.6 is 11.6 Å². The second-order valence-electron chi connectivity index (χ2n) is 5.67. The van der Waals surface area contributed by atoms with Crippen molar-refractivity contribution in [1.29, 1.82) is 0 Å². The lowest BCUT2D eigenvalue weighted by Crippen LogP contribution is -2.38. The molecule has 10 heteroatoms. The third-order valence-electron chi connectivity index (χ3n) is 3.86. The van der Waals surface area contributed by atoms with Crippen LogP contribution in [0, 0.1) is 0 Å². The van der Waals surface area contributed by atoms with Gasteiger partial charge in [-0.25, -0.2) is 0 Å². The summed E-state index contributed by atoms with van der Waals surface area (Å²) in [6.45, 7) is 3.85. The van der Waals surface area contributed by atoms with E-state index in [1.165, 1.54) is 0 Å². The van der Waals surface area contributed by atoms with Crippen LogP contribution < -0.4 is 10.6 Å². The van der Waals surface area contributed by atoms with E-state index in [0.717, 1.165) is 24.4 Å². The third-order valence-corrected chi connectivity index (χ3v) is 4.11. The van der Waals surface area contributed by atoms with E-state index in [2.05, 4.69) is 42.9 Å². The zero-order valence-corrected chi connectivity index (χ0v) is 15.9. The Bertz CT molecular complexity index is 886. The number of hydrogen-bond donors (Lipinski definition) is 2. The number of aliphatic imine (C=N–C) groups is 1. The summed E-state index contributed by atoms with van der Waals surface area (Å²) in [4.78, 5) is 8.56. The van der Waals surface area contributed by atoms with Crippen LogP contribution in [0.15, 0.2) is 40.1 Å². The minimum Gasteiger partial charge on any atom is -0.355 e. The summed E-state index contributed by atoms with van der Waals surface area (Å²) in [6.07, 6.45) is 2.58. The lowest BCUT2D eigenvalue weighted by molar-refractivity contribution is 0.375. The summed E-state index contributed by atoms with van der Waals surface area (Å²) >= 11 is 5.89. The van der Waals surface area contributed by atoms with Gasteiger partial charge in [-0.2, -0.15) is 4.98 Å². The van der Waals surface area contributed by atoms with E-state index in [-0.39, 0.29) is 0 Å². The molecule has 2 N–H and O–H groups in total. The molecule has 142 valence electrons. The van der Waals surface area contributed by atoms with Gasteiger partial charge in [-0.1, -0.05) is 23.7 Å². The van der Waals surface area contributed by atoms with Gasteiger partial charge in [0.2, 0.25) is 11.7 Å². The average Bonchev–Trinajstić information content (AvgIpc) is 3.34. The molecule has 0 bridgehead atoms. The summed E-state index contributed by atoms with van der Waals surface area (Å²) in [6, 6.07) is 7.27. The molecule has 3 aromatic rings. The molecule has 0 aliphatic carbocycles. The maximum absolute atomic E-state index is 5.89. The molecule has 27 heavy (non-hydrogen) atoms. The Morgan fingerprint density at radius 2 is 2.07 bits per heavy atom. The molecule has 0 saturated carbocycles. The number of aromatic nitrogens is 5. The van der Waals surface area contributed by atoms with Crippen molar-refractivity contribution >= 4 is 17.6 Å². The number of halogens is 1. The first-order valence-electron chi connectivity index (χ1n) is 8.59. The number of benzene rings is 1. The van der Waals surface area contributed by atoms with E-state index in [1.807, 2.05) is 16.7 Å². The van der Waals surface area contributed by atoms with Crippen molar-refractivity contribution in [1.82, 2.24) is 35.5 Å². The van der Waals surface area contributed by atoms with Crippen LogP contribution in [0.4, 0.5) is 0 Å². The van der Waals surface area contributed by atoms with E-state index in [9.17, 15) is 0 Å². The lowest BCUT2D eigenvalue weighted by Gasteiger charge is -2.11. The molecule has 0 radical (unpaired) electrons. The van der Waals surface area contributed by atoms with Crippen molar-refractivity contribution in [2.45, 2.75) is 26.4 Å². The van der Waals surface area contributed by atoms with Gasteiger partial charge in [-0.05, 0) is 24.3 Å². The van der Waals surface area contributed by atoms with Gasteiger partial charge in [0.25, 0.3) is 0 Å². The van der Waals surface area contributed by atoms with Crippen molar-refractivity contribution in [2.75, 3.05) is 13.6 Å². The van der Waals surface area contributed by atoms with E-state index < -0.39 is 0 Å². The second-order valence-corrected chi connectivity index (χ2v) is 6.10. The highest BCUT2D eigenvalue weighted by atomic mass is 35.5. The fourth-order valence-corrected chi connectivity index (χ4v) is 2.58. The molecule has 3 rings (SSSR count). The van der Waals surface area contributed by atoms with Crippen molar-refractivity contribution in [2.24, 2.45) is 4.99 Å². The van der Waals surface area contributed by atoms with E-state index >= 15 is 0 Å². The van der Waals surface area contributed by atoms with Crippen LogP contribution in [-0.2, 0) is 19.5 Å². The molecule has 0 fully saturated rings. The van der Waals surface area contributed by atoms with Gasteiger partial charge in [0.05, 0.1) is 6.54 Å². The molecule has 0 unspecified atom stereocenters. The maximum Gasteiger partial charge on any atom is 0.246 e. The predicted molar refractivity (Wildman–Crippen MR) is 102 cm³/mol. The highest BCUT2D eigenvalue weighted by Crippen LogP contribution is 2.18. The van der Waals surface area contributed by atoms with Crippen molar-refractivity contribution < 1.29 is 4.52 Å². The fraction of sp³-hybridized carbons (Fsp3) is 0.353. The Labute approximate surface area is 161 Å². The van der Waals surface area contributed by atoms with Gasteiger partial charge in [0.1, 0.15) is 12.2 Å². The Hall–Kier alpha value is -2.94. The summed E-state index contributed by atoms with van der Waals surface area (Å²) in [7, 11) is 1.71. The Morgan fingerprint density at radius 1 is 1.26 bits per heavy atom. The zero-order chi connectivity index (χ0) is 19.1. The van der Waals surface area contributed by atoms with Crippen molar-refractivity contribution in [3.8, 4) is 11.4 Å². The van der Waals surface area contributed by atoms with Gasteiger partial charge >= 0.3 is 0 Å². The molecule has 0 atom stereocenters. The van der Waals surface area contributed by atoms with E-state index in [1.54, 1.807) is 25.5 Å². The number of guanidine groups is 1. The standard InChI is InChI=1S/C17H21ClN8O/c1-3-14-24-22-11-26(14)9-8-20-17(19-2)21-10-15-23-16(25-27-15)12-4-6-13(18)7-5-12/h4-7,11H,3,8-10H2,1-2H3,(H2,19,20,21). The van der Waals surface area contributed by atoms with E-state index in [0.29, 0.717) is 35.8 Å². The molecule has 9 nitrogen and oxygen atoms in total. The summed E-state index contributed by atoms with van der Waals surface area (Å²) < 4.78 is 7.29. The molecule has 0 aliphatic rings. The minimum absolute atomic E-state index is 0.368. The monoisotopic (exact) mass is 388 g/mol. The van der Waals surface area contributed by atoms with Crippen LogP contribution in [0.25, 0.3) is 11.4 Å². The summed E-state index contributed by atoms with van der Waals surface area (Å²) in [5.74, 6) is 2.59. The molecule has 0 aliphatic heterocycles. The first kappa shape index (κ1) is 18.8. The van der Waals surface area contributed by atoms with Gasteiger partial charge in [-0.15, -0.1) is 10.2 Å². The van der Waals surface area contributed by atoms with Crippen molar-refractivity contribution in [3.63, 3.8) is 0 Å². The smallest absolute Gasteiger partial charge is 0.246 e. The molecule has 2 heterocycles. The molecule has 1 aromatic carbocycles. The van der Waals surface area contributed by atoms with Gasteiger partial charge in [0, 0.05) is 37.1 Å². The van der Waals surface area contributed by atoms with E-state index in [4.69, 9.17) is 16.1 Å². The number of hydrogen-bond acceptors (Lipinski definition) is 6. The molecular formula is C17H21ClN8O. The largest absolute Gasteiger partial charge is 0.355 e. The predicted octanol–water partition coefficient (Wildman–Crippen LogP) is 1.91. The lowest BCUT2D eigenvalue weighted by atomic mass is 10.2. The van der Waals surface area contributed by atoms with Crippen LogP contribution in [0.1, 0.15) is 18.6 Å².